The summed E-state index contributed by atoms with van der Waals surface area (Å²) in [5.74, 6) is 1.04. The van der Waals surface area contributed by atoms with Gasteiger partial charge in [-0.2, -0.15) is 0 Å². The van der Waals surface area contributed by atoms with E-state index in [4.69, 9.17) is 9.26 Å². The maximum atomic E-state index is 12.8. The topological polar surface area (TPSA) is 64.4 Å². The zero-order valence-corrected chi connectivity index (χ0v) is 16.1. The predicted molar refractivity (Wildman–Crippen MR) is 104 cm³/mol. The van der Waals surface area contributed by atoms with Gasteiger partial charge in [0, 0.05) is 0 Å². The molecule has 0 bridgehead atoms. The van der Waals surface area contributed by atoms with Crippen LogP contribution < -0.4 is 10.1 Å². The van der Waals surface area contributed by atoms with Crippen molar-refractivity contribution in [3.05, 3.63) is 82.2 Å². The molecule has 0 saturated carbocycles. The molecule has 1 N–H and O–H groups in total. The first-order valence-corrected chi connectivity index (χ1v) is 8.96. The Balaban J connectivity index is 1.73. The molecule has 5 heteroatoms. The Morgan fingerprint density at radius 1 is 1.15 bits per heavy atom. The van der Waals surface area contributed by atoms with Crippen molar-refractivity contribution in [3.8, 4) is 5.75 Å². The van der Waals surface area contributed by atoms with Crippen molar-refractivity contribution in [2.75, 3.05) is 0 Å². The van der Waals surface area contributed by atoms with Crippen LogP contribution in [0.1, 0.15) is 51.5 Å². The molecule has 0 aliphatic rings. The van der Waals surface area contributed by atoms with Gasteiger partial charge in [0.25, 0.3) is 5.91 Å². The molecule has 3 aromatic rings. The van der Waals surface area contributed by atoms with Gasteiger partial charge in [-0.3, -0.25) is 4.79 Å². The summed E-state index contributed by atoms with van der Waals surface area (Å²) in [5.41, 5.74) is 4.34. The monoisotopic (exact) mass is 364 g/mol. The number of ether oxygens (including phenoxy) is 1. The van der Waals surface area contributed by atoms with E-state index < -0.39 is 0 Å². The molecule has 1 unspecified atom stereocenters. The van der Waals surface area contributed by atoms with Crippen molar-refractivity contribution in [1.82, 2.24) is 10.5 Å². The molecule has 27 heavy (non-hydrogen) atoms. The molecular weight excluding hydrogens is 340 g/mol. The molecule has 2 aromatic carbocycles. The van der Waals surface area contributed by atoms with Gasteiger partial charge in [-0.1, -0.05) is 47.1 Å². The number of nitrogens with one attached hydrogen (secondary N) is 1. The standard InChI is InChI=1S/C22H24N2O3/c1-14-10-11-19(15(2)12-14)16(3)23-22(25)21-20(17(4)27-24-21)13-26-18-8-6-5-7-9-18/h5-12,16H,13H2,1-4H3,(H,23,25). The zero-order chi connectivity index (χ0) is 19.4. The molecule has 1 aromatic heterocycles. The van der Waals surface area contributed by atoms with Crippen LogP contribution in [0.15, 0.2) is 53.1 Å². The van der Waals surface area contributed by atoms with E-state index in [2.05, 4.69) is 23.5 Å². The number of para-hydroxylation sites is 1. The highest BCUT2D eigenvalue weighted by Crippen LogP contribution is 2.21. The lowest BCUT2D eigenvalue weighted by Gasteiger charge is -2.17. The number of rotatable bonds is 6. The van der Waals surface area contributed by atoms with E-state index in [-0.39, 0.29) is 24.2 Å². The highest BCUT2D eigenvalue weighted by atomic mass is 16.5. The van der Waals surface area contributed by atoms with Gasteiger partial charge in [-0.15, -0.1) is 0 Å². The van der Waals surface area contributed by atoms with Crippen LogP contribution in [0.3, 0.4) is 0 Å². The lowest BCUT2D eigenvalue weighted by atomic mass is 10.00. The fourth-order valence-electron chi connectivity index (χ4n) is 3.07. The normalized spacial score (nSPS) is 11.9. The summed E-state index contributed by atoms with van der Waals surface area (Å²) in [5, 5.41) is 6.95. The molecule has 0 aliphatic carbocycles. The van der Waals surface area contributed by atoms with Gasteiger partial charge in [0.15, 0.2) is 5.69 Å². The van der Waals surface area contributed by atoms with Crippen molar-refractivity contribution >= 4 is 5.91 Å². The van der Waals surface area contributed by atoms with E-state index in [1.165, 1.54) is 5.56 Å². The third-order valence-corrected chi connectivity index (χ3v) is 4.57. The van der Waals surface area contributed by atoms with Crippen molar-refractivity contribution in [2.24, 2.45) is 0 Å². The van der Waals surface area contributed by atoms with Crippen LogP contribution in [0, 0.1) is 20.8 Å². The van der Waals surface area contributed by atoms with Gasteiger partial charge >= 0.3 is 0 Å². The van der Waals surface area contributed by atoms with Crippen LogP contribution in [0.4, 0.5) is 0 Å². The second-order valence-corrected chi connectivity index (χ2v) is 6.72. The van der Waals surface area contributed by atoms with E-state index >= 15 is 0 Å². The van der Waals surface area contributed by atoms with E-state index in [1.54, 1.807) is 6.92 Å². The van der Waals surface area contributed by atoms with Crippen LogP contribution in [-0.4, -0.2) is 11.1 Å². The lowest BCUT2D eigenvalue weighted by molar-refractivity contribution is 0.0928. The van der Waals surface area contributed by atoms with E-state index in [0.29, 0.717) is 11.3 Å². The molecule has 0 fully saturated rings. The maximum Gasteiger partial charge on any atom is 0.274 e. The summed E-state index contributed by atoms with van der Waals surface area (Å²) in [6.07, 6.45) is 0. The molecule has 0 radical (unpaired) electrons. The Kier molecular flexibility index (Phi) is 5.60. The number of amides is 1. The van der Waals surface area contributed by atoms with Crippen LogP contribution in [0.25, 0.3) is 0 Å². The van der Waals surface area contributed by atoms with Gasteiger partial charge in [0.05, 0.1) is 11.6 Å². The van der Waals surface area contributed by atoms with Crippen molar-refractivity contribution < 1.29 is 14.1 Å². The largest absolute Gasteiger partial charge is 0.489 e. The number of aryl methyl sites for hydroxylation is 3. The Morgan fingerprint density at radius 3 is 2.59 bits per heavy atom. The third kappa shape index (κ3) is 4.37. The highest BCUT2D eigenvalue weighted by molar-refractivity contribution is 5.94. The van der Waals surface area contributed by atoms with Crippen molar-refractivity contribution in [3.63, 3.8) is 0 Å². The fraction of sp³-hybridized carbons (Fsp3) is 0.273. The first kappa shape index (κ1) is 18.7. The second-order valence-electron chi connectivity index (χ2n) is 6.72. The molecule has 5 nitrogen and oxygen atoms in total. The Labute approximate surface area is 159 Å². The average molecular weight is 364 g/mol. The molecule has 1 heterocycles. The molecule has 0 aliphatic heterocycles. The summed E-state index contributed by atoms with van der Waals surface area (Å²) in [7, 11) is 0. The van der Waals surface area contributed by atoms with Gasteiger partial charge in [0.2, 0.25) is 0 Å². The fourth-order valence-corrected chi connectivity index (χ4v) is 3.07. The predicted octanol–water partition coefficient (Wildman–Crippen LogP) is 4.67. The number of hydrogen-bond donors (Lipinski definition) is 1. The third-order valence-electron chi connectivity index (χ3n) is 4.57. The van der Waals surface area contributed by atoms with Gasteiger partial charge in [-0.05, 0) is 51.0 Å². The molecule has 0 saturated heterocycles. The minimum absolute atomic E-state index is 0.141. The summed E-state index contributed by atoms with van der Waals surface area (Å²) < 4.78 is 11.0. The molecule has 3 rings (SSSR count). The summed E-state index contributed by atoms with van der Waals surface area (Å²) >= 11 is 0. The van der Waals surface area contributed by atoms with Crippen molar-refractivity contribution in [2.45, 2.75) is 40.3 Å². The van der Waals surface area contributed by atoms with E-state index in [1.807, 2.05) is 56.3 Å². The maximum absolute atomic E-state index is 12.8. The molecule has 0 spiro atoms. The number of aromatic nitrogens is 1. The SMILES string of the molecule is Cc1ccc(C(C)NC(=O)c2noc(C)c2COc2ccccc2)c(C)c1. The molecular formula is C22H24N2O3. The molecule has 140 valence electrons. The lowest BCUT2D eigenvalue weighted by Crippen LogP contribution is -2.28. The minimum Gasteiger partial charge on any atom is -0.489 e. The Bertz CT molecular complexity index is 932. The summed E-state index contributed by atoms with van der Waals surface area (Å²) in [6, 6.07) is 15.5. The highest BCUT2D eigenvalue weighted by Gasteiger charge is 2.22. The first-order valence-electron chi connectivity index (χ1n) is 8.96. The van der Waals surface area contributed by atoms with Gasteiger partial charge < -0.3 is 14.6 Å². The number of carbonyl (C=O) groups is 1. The van der Waals surface area contributed by atoms with Crippen LogP contribution in [0.2, 0.25) is 0 Å². The second kappa shape index (κ2) is 8.08. The smallest absolute Gasteiger partial charge is 0.274 e. The first-order chi connectivity index (χ1) is 13.0. The van der Waals surface area contributed by atoms with Gasteiger partial charge in [-0.25, -0.2) is 0 Å². The van der Waals surface area contributed by atoms with Crippen LogP contribution in [-0.2, 0) is 6.61 Å². The van der Waals surface area contributed by atoms with Gasteiger partial charge in [0.1, 0.15) is 18.1 Å². The number of hydrogen-bond acceptors (Lipinski definition) is 4. The van der Waals surface area contributed by atoms with E-state index in [9.17, 15) is 4.79 Å². The van der Waals surface area contributed by atoms with Crippen molar-refractivity contribution in [1.29, 1.82) is 0 Å². The molecule has 1 atom stereocenters. The summed E-state index contributed by atoms with van der Waals surface area (Å²) in [6.45, 7) is 8.06. The number of nitrogens with zero attached hydrogens (tertiary/aromatic N) is 1. The minimum atomic E-state index is -0.272. The number of benzene rings is 2. The number of carbonyl (C=O) groups excluding carboxylic acids is 1. The quantitative estimate of drug-likeness (QED) is 0.690. The Hall–Kier alpha value is -3.08. The Morgan fingerprint density at radius 2 is 1.89 bits per heavy atom. The van der Waals surface area contributed by atoms with E-state index in [0.717, 1.165) is 16.9 Å². The van der Waals surface area contributed by atoms with Crippen LogP contribution in [0.5, 0.6) is 5.75 Å². The molecule has 1 amide bonds. The summed E-state index contributed by atoms with van der Waals surface area (Å²) in [4.78, 5) is 12.8. The van der Waals surface area contributed by atoms with Crippen LogP contribution >= 0.6 is 0 Å². The average Bonchev–Trinajstić information content (AvgIpc) is 3.01. The zero-order valence-electron chi connectivity index (χ0n) is 16.1.